The quantitative estimate of drug-likeness (QED) is 0.848. The van der Waals surface area contributed by atoms with Crippen LogP contribution in [0.1, 0.15) is 34.9 Å². The number of aromatic amines is 1. The van der Waals surface area contributed by atoms with E-state index < -0.39 is 27.9 Å². The number of amides is 1. The van der Waals surface area contributed by atoms with Gasteiger partial charge < -0.3 is 4.74 Å². The molecule has 2 N–H and O–H groups in total. The van der Waals surface area contributed by atoms with E-state index in [1.54, 1.807) is 0 Å². The highest BCUT2D eigenvalue weighted by Crippen LogP contribution is 2.25. The maximum absolute atomic E-state index is 12.1. The number of carbonyl (C=O) groups excluding carboxylic acids is 1. The van der Waals surface area contributed by atoms with Crippen molar-refractivity contribution in [1.29, 1.82) is 0 Å². The third kappa shape index (κ3) is 4.70. The van der Waals surface area contributed by atoms with Crippen LogP contribution >= 0.6 is 0 Å². The molecule has 0 aromatic carbocycles. The van der Waals surface area contributed by atoms with E-state index in [4.69, 9.17) is 4.74 Å². The third-order valence-electron chi connectivity index (χ3n) is 3.09. The van der Waals surface area contributed by atoms with E-state index in [1.807, 2.05) is 0 Å². The molecule has 0 bridgehead atoms. The lowest BCUT2D eigenvalue weighted by Gasteiger charge is -2.20. The zero-order valence-corrected chi connectivity index (χ0v) is 12.1. The number of hydrogen-bond acceptors (Lipinski definition) is 5. The van der Waals surface area contributed by atoms with Crippen LogP contribution in [0, 0.1) is 0 Å². The molecule has 1 aliphatic heterocycles. The van der Waals surface area contributed by atoms with Crippen LogP contribution in [0.2, 0.25) is 0 Å². The summed E-state index contributed by atoms with van der Waals surface area (Å²) in [5, 5.41) is 6.26. The van der Waals surface area contributed by atoms with E-state index in [2.05, 4.69) is 10.2 Å². The van der Waals surface area contributed by atoms with Crippen LogP contribution in [-0.4, -0.2) is 49.7 Å². The summed E-state index contributed by atoms with van der Waals surface area (Å²) in [6.07, 6.45) is -3.49. The Morgan fingerprint density at radius 3 is 2.64 bits per heavy atom. The fourth-order valence-corrected chi connectivity index (χ4v) is 3.01. The zero-order valence-electron chi connectivity index (χ0n) is 11.3. The molecule has 22 heavy (non-hydrogen) atoms. The van der Waals surface area contributed by atoms with E-state index in [9.17, 15) is 26.4 Å². The number of nitrogens with one attached hydrogen (secondary N) is 2. The molecule has 124 valence electrons. The Morgan fingerprint density at radius 1 is 1.41 bits per heavy atom. The first-order valence-corrected chi connectivity index (χ1v) is 8.06. The van der Waals surface area contributed by atoms with Crippen LogP contribution in [0.5, 0.6) is 0 Å². The largest absolute Gasteiger partial charge is 0.404 e. The summed E-state index contributed by atoms with van der Waals surface area (Å²) in [7, 11) is -4.80. The second-order valence-electron chi connectivity index (χ2n) is 4.90. The molecule has 1 saturated heterocycles. The molecule has 2 heterocycles. The van der Waals surface area contributed by atoms with Crippen LogP contribution < -0.4 is 4.72 Å². The van der Waals surface area contributed by atoms with Crippen molar-refractivity contribution in [3.63, 3.8) is 0 Å². The first-order valence-electron chi connectivity index (χ1n) is 6.41. The standard InChI is InChI=1S/C11H14F3N3O4S/c12-11(13,14)6-22(19,20)17-10(18)9-5-8(15-16-9)7-1-3-21-4-2-7/h5,7H,1-4,6H2,(H,15,16)(H,17,18). The maximum atomic E-state index is 12.1. The fraction of sp³-hybridized carbons (Fsp3) is 0.636. The van der Waals surface area contributed by atoms with Crippen LogP contribution in [-0.2, 0) is 14.8 Å². The second-order valence-corrected chi connectivity index (χ2v) is 6.62. The van der Waals surface area contributed by atoms with E-state index in [1.165, 1.54) is 10.8 Å². The van der Waals surface area contributed by atoms with Gasteiger partial charge in [-0.2, -0.15) is 18.3 Å². The first-order chi connectivity index (χ1) is 10.2. The molecule has 0 spiro atoms. The molecule has 1 aromatic heterocycles. The van der Waals surface area contributed by atoms with Gasteiger partial charge in [0.05, 0.1) is 0 Å². The highest BCUT2D eigenvalue weighted by atomic mass is 32.2. The molecule has 1 aliphatic rings. The molecular formula is C11H14F3N3O4S. The minimum atomic E-state index is -4.93. The van der Waals surface area contributed by atoms with Crippen molar-refractivity contribution in [3.8, 4) is 0 Å². The zero-order chi connectivity index (χ0) is 16.4. The van der Waals surface area contributed by atoms with Crippen molar-refractivity contribution in [2.75, 3.05) is 19.0 Å². The Morgan fingerprint density at radius 2 is 2.05 bits per heavy atom. The predicted molar refractivity (Wildman–Crippen MR) is 68.7 cm³/mol. The molecule has 7 nitrogen and oxygen atoms in total. The predicted octanol–water partition coefficient (Wildman–Crippen LogP) is 0.926. The van der Waals surface area contributed by atoms with Gasteiger partial charge in [0, 0.05) is 24.8 Å². The van der Waals surface area contributed by atoms with Crippen LogP contribution in [0.15, 0.2) is 6.07 Å². The highest BCUT2D eigenvalue weighted by Gasteiger charge is 2.36. The number of sulfonamides is 1. The van der Waals surface area contributed by atoms with Crippen molar-refractivity contribution in [2.24, 2.45) is 0 Å². The van der Waals surface area contributed by atoms with Crippen molar-refractivity contribution in [2.45, 2.75) is 24.9 Å². The Balaban J connectivity index is 2.03. The van der Waals surface area contributed by atoms with Crippen LogP contribution in [0.4, 0.5) is 13.2 Å². The number of H-pyrrole nitrogens is 1. The molecule has 0 atom stereocenters. The van der Waals surface area contributed by atoms with Crippen molar-refractivity contribution < 1.29 is 31.1 Å². The minimum absolute atomic E-state index is 0.0922. The molecule has 0 radical (unpaired) electrons. The summed E-state index contributed by atoms with van der Waals surface area (Å²) < 4.78 is 65.3. The Hall–Kier alpha value is -1.62. The maximum Gasteiger partial charge on any atom is 0.404 e. The lowest BCUT2D eigenvalue weighted by Crippen LogP contribution is -2.37. The van der Waals surface area contributed by atoms with Gasteiger partial charge in [-0.1, -0.05) is 0 Å². The summed E-state index contributed by atoms with van der Waals surface area (Å²) in [6.45, 7) is 1.12. The summed E-state index contributed by atoms with van der Waals surface area (Å²) in [5.74, 6) is -3.23. The van der Waals surface area contributed by atoms with E-state index in [-0.39, 0.29) is 11.6 Å². The molecule has 11 heteroatoms. The Bertz CT molecular complexity index is 635. The first kappa shape index (κ1) is 16.7. The normalized spacial score (nSPS) is 17.4. The SMILES string of the molecule is O=C(NS(=O)(=O)CC(F)(F)F)c1cc(C2CCOCC2)[nH]n1. The molecule has 1 amide bonds. The van der Waals surface area contributed by atoms with Gasteiger partial charge in [-0.05, 0) is 18.9 Å². The van der Waals surface area contributed by atoms with Gasteiger partial charge in [-0.25, -0.2) is 13.1 Å². The van der Waals surface area contributed by atoms with Gasteiger partial charge in [0.2, 0.25) is 10.0 Å². The average molecular weight is 341 g/mol. The number of aromatic nitrogens is 2. The minimum Gasteiger partial charge on any atom is -0.381 e. The van der Waals surface area contributed by atoms with Crippen molar-refractivity contribution >= 4 is 15.9 Å². The van der Waals surface area contributed by atoms with Crippen LogP contribution in [0.3, 0.4) is 0 Å². The number of nitrogens with zero attached hydrogens (tertiary/aromatic N) is 1. The monoisotopic (exact) mass is 341 g/mol. The van der Waals surface area contributed by atoms with E-state index in [0.29, 0.717) is 18.9 Å². The fourth-order valence-electron chi connectivity index (χ4n) is 2.12. The lowest BCUT2D eigenvalue weighted by molar-refractivity contribution is -0.106. The van der Waals surface area contributed by atoms with E-state index >= 15 is 0 Å². The highest BCUT2D eigenvalue weighted by molar-refractivity contribution is 7.90. The molecule has 1 aromatic rings. The number of rotatable bonds is 4. The summed E-state index contributed by atoms with van der Waals surface area (Å²) >= 11 is 0. The Kier molecular flexibility index (Phi) is 4.75. The van der Waals surface area contributed by atoms with E-state index in [0.717, 1.165) is 12.8 Å². The van der Waals surface area contributed by atoms with Gasteiger partial charge in [0.15, 0.2) is 11.4 Å². The Labute approximate surface area is 124 Å². The summed E-state index contributed by atoms with van der Waals surface area (Å²) in [5.41, 5.74) is 0.355. The molecule has 1 fully saturated rings. The second kappa shape index (κ2) is 6.24. The summed E-state index contributed by atoms with van der Waals surface area (Å²) in [6, 6.07) is 1.34. The molecule has 0 aliphatic carbocycles. The lowest BCUT2D eigenvalue weighted by atomic mass is 9.96. The van der Waals surface area contributed by atoms with Gasteiger partial charge in [-0.3, -0.25) is 9.89 Å². The molecule has 2 rings (SSSR count). The number of alkyl halides is 3. The van der Waals surface area contributed by atoms with Crippen molar-refractivity contribution in [3.05, 3.63) is 17.5 Å². The number of carbonyl (C=O) groups is 1. The van der Waals surface area contributed by atoms with Crippen LogP contribution in [0.25, 0.3) is 0 Å². The van der Waals surface area contributed by atoms with Crippen molar-refractivity contribution in [1.82, 2.24) is 14.9 Å². The summed E-state index contributed by atoms with van der Waals surface area (Å²) in [4.78, 5) is 11.7. The van der Waals surface area contributed by atoms with Gasteiger partial charge >= 0.3 is 6.18 Å². The van der Waals surface area contributed by atoms with Gasteiger partial charge in [0.25, 0.3) is 5.91 Å². The molecule has 0 saturated carbocycles. The van der Waals surface area contributed by atoms with Gasteiger partial charge in [0.1, 0.15) is 0 Å². The number of hydrogen-bond donors (Lipinski definition) is 2. The smallest absolute Gasteiger partial charge is 0.381 e. The molecular weight excluding hydrogens is 327 g/mol. The third-order valence-corrected chi connectivity index (χ3v) is 4.30. The molecule has 0 unspecified atom stereocenters. The number of ether oxygens (including phenoxy) is 1. The number of halogens is 3. The van der Waals surface area contributed by atoms with Gasteiger partial charge in [-0.15, -0.1) is 0 Å². The topological polar surface area (TPSA) is 101 Å². The average Bonchev–Trinajstić information content (AvgIpc) is 2.85.